The molecule has 0 aromatic carbocycles. The molecule has 0 aliphatic heterocycles. The Kier molecular flexibility index (Phi) is 9.35. The molecule has 2 aliphatic rings. The minimum absolute atomic E-state index is 0.957. The largest absolute Gasteiger partial charge is 0.261 e. The Morgan fingerprint density at radius 2 is 1.36 bits per heavy atom. The summed E-state index contributed by atoms with van der Waals surface area (Å²) < 4.78 is 0. The Morgan fingerprint density at radius 1 is 0.714 bits per heavy atom. The van der Waals surface area contributed by atoms with Crippen LogP contribution in [0.4, 0.5) is 0 Å². The molecule has 3 rings (SSSR count). The number of unbranched alkanes of at least 4 members (excludes halogenated alkanes) is 2. The predicted molar refractivity (Wildman–Crippen MR) is 122 cm³/mol. The fraction of sp³-hybridized carbons (Fsp3) is 0.815. The van der Waals surface area contributed by atoms with Crippen molar-refractivity contribution in [1.82, 2.24) is 4.98 Å². The van der Waals surface area contributed by atoms with E-state index in [0.717, 1.165) is 30.1 Å². The fourth-order valence-electron chi connectivity index (χ4n) is 5.97. The van der Waals surface area contributed by atoms with Crippen LogP contribution in [0, 0.1) is 23.7 Å². The summed E-state index contributed by atoms with van der Waals surface area (Å²) in [5.74, 6) is 4.14. The first-order chi connectivity index (χ1) is 13.8. The fourth-order valence-corrected chi connectivity index (χ4v) is 5.97. The van der Waals surface area contributed by atoms with Gasteiger partial charge in [0.1, 0.15) is 0 Å². The van der Waals surface area contributed by atoms with Gasteiger partial charge in [0, 0.05) is 11.9 Å². The summed E-state index contributed by atoms with van der Waals surface area (Å²) in [7, 11) is 0. The number of aromatic nitrogens is 1. The van der Waals surface area contributed by atoms with E-state index in [9.17, 15) is 0 Å². The molecule has 28 heavy (non-hydrogen) atoms. The van der Waals surface area contributed by atoms with Gasteiger partial charge in [-0.25, -0.2) is 0 Å². The normalized spacial score (nSPS) is 28.4. The third kappa shape index (κ3) is 6.89. The van der Waals surface area contributed by atoms with Crippen molar-refractivity contribution in [2.75, 3.05) is 0 Å². The van der Waals surface area contributed by atoms with Gasteiger partial charge < -0.3 is 0 Å². The number of hydrogen-bond acceptors (Lipinski definition) is 1. The van der Waals surface area contributed by atoms with E-state index < -0.39 is 0 Å². The molecule has 0 spiro atoms. The van der Waals surface area contributed by atoms with Crippen LogP contribution in [-0.4, -0.2) is 4.98 Å². The second-order valence-electron chi connectivity index (χ2n) is 10.0. The van der Waals surface area contributed by atoms with Crippen LogP contribution >= 0.6 is 0 Å². The first kappa shape index (κ1) is 21.8. The Labute approximate surface area is 175 Å². The monoisotopic (exact) mass is 383 g/mol. The summed E-state index contributed by atoms with van der Waals surface area (Å²) in [6.07, 6.45) is 25.0. The van der Waals surface area contributed by atoms with Gasteiger partial charge >= 0.3 is 0 Å². The summed E-state index contributed by atoms with van der Waals surface area (Å²) in [4.78, 5) is 4.70. The van der Waals surface area contributed by atoms with Gasteiger partial charge in [-0.2, -0.15) is 0 Å². The Hall–Kier alpha value is -0.850. The predicted octanol–water partition coefficient (Wildman–Crippen LogP) is 8.16. The van der Waals surface area contributed by atoms with Crippen LogP contribution in [-0.2, 0) is 12.8 Å². The highest BCUT2D eigenvalue weighted by Gasteiger charge is 2.30. The van der Waals surface area contributed by atoms with Crippen molar-refractivity contribution >= 4 is 0 Å². The van der Waals surface area contributed by atoms with Crippen molar-refractivity contribution < 1.29 is 0 Å². The van der Waals surface area contributed by atoms with Gasteiger partial charge in [0.25, 0.3) is 0 Å². The minimum Gasteiger partial charge on any atom is -0.261 e. The van der Waals surface area contributed by atoms with Crippen molar-refractivity contribution in [2.24, 2.45) is 23.7 Å². The molecule has 0 bridgehead atoms. The van der Waals surface area contributed by atoms with E-state index in [2.05, 4.69) is 32.2 Å². The zero-order valence-corrected chi connectivity index (χ0v) is 18.8. The van der Waals surface area contributed by atoms with Gasteiger partial charge in [0.05, 0.1) is 0 Å². The van der Waals surface area contributed by atoms with E-state index in [1.807, 2.05) is 0 Å². The number of hydrogen-bond donors (Lipinski definition) is 0. The molecule has 0 radical (unpaired) electrons. The summed E-state index contributed by atoms with van der Waals surface area (Å²) in [6.45, 7) is 4.57. The third-order valence-corrected chi connectivity index (χ3v) is 7.90. The summed E-state index contributed by atoms with van der Waals surface area (Å²) >= 11 is 0. The summed E-state index contributed by atoms with van der Waals surface area (Å²) in [6, 6.07) is 4.57. The molecule has 2 fully saturated rings. The molecule has 1 heterocycles. The first-order valence-corrected chi connectivity index (χ1v) is 12.7. The van der Waals surface area contributed by atoms with Crippen LogP contribution in [0.3, 0.4) is 0 Å². The minimum atomic E-state index is 0.957. The van der Waals surface area contributed by atoms with Gasteiger partial charge in [-0.15, -0.1) is 0 Å². The summed E-state index contributed by atoms with van der Waals surface area (Å²) in [5.41, 5.74) is 2.70. The van der Waals surface area contributed by atoms with Crippen molar-refractivity contribution in [2.45, 2.75) is 117 Å². The standard InChI is InChI=1S/C27H45N/c1-3-5-6-8-22-9-15-25(16-10-22)26-17-11-23(12-18-26)13-19-27-20-14-24(7-4-2)21-28-27/h14,20-23,25-26H,3-13,15-19H2,1-2H3. The van der Waals surface area contributed by atoms with Crippen molar-refractivity contribution in [1.29, 1.82) is 0 Å². The van der Waals surface area contributed by atoms with Crippen LogP contribution in [0.5, 0.6) is 0 Å². The number of nitrogens with zero attached hydrogens (tertiary/aromatic N) is 1. The van der Waals surface area contributed by atoms with Crippen molar-refractivity contribution in [3.05, 3.63) is 29.6 Å². The zero-order chi connectivity index (χ0) is 19.6. The zero-order valence-electron chi connectivity index (χ0n) is 18.8. The molecular weight excluding hydrogens is 338 g/mol. The van der Waals surface area contributed by atoms with E-state index in [-0.39, 0.29) is 0 Å². The van der Waals surface area contributed by atoms with E-state index in [4.69, 9.17) is 4.98 Å². The lowest BCUT2D eigenvalue weighted by atomic mass is 9.68. The Balaban J connectivity index is 1.31. The average Bonchev–Trinajstić information content (AvgIpc) is 2.75. The number of aryl methyl sites for hydroxylation is 2. The third-order valence-electron chi connectivity index (χ3n) is 7.90. The van der Waals surface area contributed by atoms with Crippen LogP contribution in [0.15, 0.2) is 18.3 Å². The summed E-state index contributed by atoms with van der Waals surface area (Å²) in [5, 5.41) is 0. The first-order valence-electron chi connectivity index (χ1n) is 12.7. The van der Waals surface area contributed by atoms with Crippen LogP contribution < -0.4 is 0 Å². The lowest BCUT2D eigenvalue weighted by molar-refractivity contribution is 0.140. The molecule has 158 valence electrons. The highest BCUT2D eigenvalue weighted by Crippen LogP contribution is 2.43. The molecule has 1 aromatic heterocycles. The van der Waals surface area contributed by atoms with E-state index in [0.29, 0.717) is 0 Å². The second-order valence-corrected chi connectivity index (χ2v) is 10.0. The molecule has 0 atom stereocenters. The molecule has 0 amide bonds. The van der Waals surface area contributed by atoms with E-state index >= 15 is 0 Å². The van der Waals surface area contributed by atoms with Gasteiger partial charge in [0.15, 0.2) is 0 Å². The Bertz CT molecular complexity index is 518. The average molecular weight is 384 g/mol. The maximum atomic E-state index is 4.70. The van der Waals surface area contributed by atoms with E-state index in [1.165, 1.54) is 94.7 Å². The highest BCUT2D eigenvalue weighted by atomic mass is 14.7. The van der Waals surface area contributed by atoms with E-state index in [1.54, 1.807) is 12.8 Å². The lowest BCUT2D eigenvalue weighted by Gasteiger charge is -2.38. The molecule has 0 unspecified atom stereocenters. The van der Waals surface area contributed by atoms with Crippen LogP contribution in [0.1, 0.15) is 115 Å². The van der Waals surface area contributed by atoms with Gasteiger partial charge in [-0.05, 0) is 80.2 Å². The molecule has 1 heteroatoms. The van der Waals surface area contributed by atoms with Gasteiger partial charge in [-0.1, -0.05) is 77.7 Å². The SMILES string of the molecule is CCCCCC1CCC(C2CCC(CCc3ccc(CCC)cn3)CC2)CC1. The molecule has 0 N–H and O–H groups in total. The van der Waals surface area contributed by atoms with Gasteiger partial charge in [-0.3, -0.25) is 4.98 Å². The quantitative estimate of drug-likeness (QED) is 0.371. The molecular formula is C27H45N. The van der Waals surface area contributed by atoms with Crippen molar-refractivity contribution in [3.63, 3.8) is 0 Å². The van der Waals surface area contributed by atoms with Crippen molar-refractivity contribution in [3.8, 4) is 0 Å². The second kappa shape index (κ2) is 12.0. The maximum Gasteiger partial charge on any atom is 0.0403 e. The molecule has 2 aliphatic carbocycles. The molecule has 2 saturated carbocycles. The maximum absolute atomic E-state index is 4.70. The molecule has 0 saturated heterocycles. The highest BCUT2D eigenvalue weighted by molar-refractivity contribution is 5.14. The molecule has 1 aromatic rings. The number of rotatable bonds is 10. The van der Waals surface area contributed by atoms with Crippen LogP contribution in [0.2, 0.25) is 0 Å². The Morgan fingerprint density at radius 3 is 1.89 bits per heavy atom. The number of pyridine rings is 1. The topological polar surface area (TPSA) is 12.9 Å². The van der Waals surface area contributed by atoms with Gasteiger partial charge in [0.2, 0.25) is 0 Å². The molecule has 1 nitrogen and oxygen atoms in total. The lowest BCUT2D eigenvalue weighted by Crippen LogP contribution is -2.26. The smallest absolute Gasteiger partial charge is 0.0403 e. The van der Waals surface area contributed by atoms with Crippen LogP contribution in [0.25, 0.3) is 0 Å².